The standard InChI is InChI=1S/C15H13NO2/c1-16(15(17)18)12-7-6-11-8-10-4-2-3-5-13(10)14(11)9-12/h2-9,13H,1H3,(H,17,18). The molecule has 0 bridgehead atoms. The van der Waals surface area contributed by atoms with E-state index in [-0.39, 0.29) is 5.92 Å². The largest absolute Gasteiger partial charge is 0.465 e. The summed E-state index contributed by atoms with van der Waals surface area (Å²) in [5, 5.41) is 9.00. The third-order valence-corrected chi connectivity index (χ3v) is 3.46. The van der Waals surface area contributed by atoms with Crippen LogP contribution in [-0.2, 0) is 0 Å². The summed E-state index contributed by atoms with van der Waals surface area (Å²) >= 11 is 0. The number of allylic oxidation sites excluding steroid dienone is 5. The van der Waals surface area contributed by atoms with Crippen molar-refractivity contribution in [3.8, 4) is 0 Å². The lowest BCUT2D eigenvalue weighted by Gasteiger charge is -2.17. The van der Waals surface area contributed by atoms with Crippen LogP contribution in [0, 0.1) is 0 Å². The van der Waals surface area contributed by atoms with E-state index in [1.165, 1.54) is 21.6 Å². The second-order valence-corrected chi connectivity index (χ2v) is 4.52. The van der Waals surface area contributed by atoms with E-state index >= 15 is 0 Å². The van der Waals surface area contributed by atoms with Gasteiger partial charge in [0.25, 0.3) is 0 Å². The molecule has 0 fully saturated rings. The monoisotopic (exact) mass is 239 g/mol. The lowest BCUT2D eigenvalue weighted by molar-refractivity contribution is 0.203. The molecule has 0 heterocycles. The van der Waals surface area contributed by atoms with Gasteiger partial charge in [-0.1, -0.05) is 36.4 Å². The van der Waals surface area contributed by atoms with Gasteiger partial charge in [-0.2, -0.15) is 0 Å². The van der Waals surface area contributed by atoms with E-state index in [2.05, 4.69) is 18.2 Å². The topological polar surface area (TPSA) is 40.5 Å². The van der Waals surface area contributed by atoms with Gasteiger partial charge in [0.15, 0.2) is 0 Å². The maximum Gasteiger partial charge on any atom is 0.411 e. The Hall–Kier alpha value is -2.29. The molecule has 1 amide bonds. The van der Waals surface area contributed by atoms with Crippen LogP contribution in [0.3, 0.4) is 0 Å². The quantitative estimate of drug-likeness (QED) is 0.815. The van der Waals surface area contributed by atoms with E-state index in [9.17, 15) is 4.79 Å². The van der Waals surface area contributed by atoms with Crippen LogP contribution in [0.4, 0.5) is 10.5 Å². The number of benzene rings is 1. The van der Waals surface area contributed by atoms with Crippen LogP contribution in [0.15, 0.2) is 48.1 Å². The van der Waals surface area contributed by atoms with Crippen LogP contribution in [0.5, 0.6) is 0 Å². The van der Waals surface area contributed by atoms with Crippen LogP contribution in [0.1, 0.15) is 17.0 Å². The van der Waals surface area contributed by atoms with E-state index in [4.69, 9.17) is 5.11 Å². The number of rotatable bonds is 1. The molecule has 90 valence electrons. The Morgan fingerprint density at radius 2 is 2.17 bits per heavy atom. The zero-order chi connectivity index (χ0) is 12.7. The average Bonchev–Trinajstić information content (AvgIpc) is 2.75. The minimum absolute atomic E-state index is 0.271. The Morgan fingerprint density at radius 1 is 1.33 bits per heavy atom. The third kappa shape index (κ3) is 1.56. The lowest BCUT2D eigenvalue weighted by atomic mass is 9.92. The first-order valence-electron chi connectivity index (χ1n) is 5.84. The fourth-order valence-corrected chi connectivity index (χ4v) is 2.44. The van der Waals surface area contributed by atoms with Crippen LogP contribution >= 0.6 is 0 Å². The minimum Gasteiger partial charge on any atom is -0.465 e. The number of anilines is 1. The summed E-state index contributed by atoms with van der Waals surface area (Å²) in [7, 11) is 1.56. The summed E-state index contributed by atoms with van der Waals surface area (Å²) in [5.41, 5.74) is 4.33. The van der Waals surface area contributed by atoms with Gasteiger partial charge in [-0.25, -0.2) is 4.79 Å². The number of hydrogen-bond donors (Lipinski definition) is 1. The molecule has 3 heteroatoms. The summed E-state index contributed by atoms with van der Waals surface area (Å²) in [5.74, 6) is 0.271. The third-order valence-electron chi connectivity index (χ3n) is 3.46. The van der Waals surface area contributed by atoms with Gasteiger partial charge in [0.2, 0.25) is 0 Å². The van der Waals surface area contributed by atoms with Gasteiger partial charge in [-0.3, -0.25) is 4.90 Å². The highest BCUT2D eigenvalue weighted by atomic mass is 16.4. The van der Waals surface area contributed by atoms with Crippen LogP contribution in [0.25, 0.3) is 6.08 Å². The smallest absolute Gasteiger partial charge is 0.411 e. The molecule has 2 aliphatic rings. The highest BCUT2D eigenvalue weighted by Gasteiger charge is 2.23. The Morgan fingerprint density at radius 3 is 2.94 bits per heavy atom. The van der Waals surface area contributed by atoms with Crippen molar-refractivity contribution in [2.45, 2.75) is 5.92 Å². The summed E-state index contributed by atoms with van der Waals surface area (Å²) in [6.45, 7) is 0. The van der Waals surface area contributed by atoms with Crippen molar-refractivity contribution < 1.29 is 9.90 Å². The molecule has 1 aromatic carbocycles. The average molecular weight is 239 g/mol. The number of hydrogen-bond acceptors (Lipinski definition) is 1. The van der Waals surface area contributed by atoms with Crippen molar-refractivity contribution >= 4 is 17.9 Å². The first-order valence-corrected chi connectivity index (χ1v) is 5.84. The molecule has 0 aliphatic heterocycles. The molecule has 1 aromatic rings. The van der Waals surface area contributed by atoms with E-state index in [1.807, 2.05) is 30.4 Å². The van der Waals surface area contributed by atoms with E-state index in [0.29, 0.717) is 5.69 Å². The predicted molar refractivity (Wildman–Crippen MR) is 71.9 cm³/mol. The van der Waals surface area contributed by atoms with Gasteiger partial charge in [-0.15, -0.1) is 0 Å². The molecule has 3 rings (SSSR count). The molecule has 1 unspecified atom stereocenters. The Bertz CT molecular complexity index is 611. The fourth-order valence-electron chi connectivity index (χ4n) is 2.44. The summed E-state index contributed by atoms with van der Waals surface area (Å²) < 4.78 is 0. The summed E-state index contributed by atoms with van der Waals surface area (Å²) in [6.07, 6.45) is 9.52. The molecule has 0 saturated heterocycles. The summed E-state index contributed by atoms with van der Waals surface area (Å²) in [6, 6.07) is 5.78. The van der Waals surface area contributed by atoms with Gasteiger partial charge < -0.3 is 5.11 Å². The number of amides is 1. The van der Waals surface area contributed by atoms with Gasteiger partial charge in [0, 0.05) is 18.7 Å². The maximum atomic E-state index is 11.0. The molecule has 0 spiro atoms. The van der Waals surface area contributed by atoms with Crippen molar-refractivity contribution in [1.29, 1.82) is 0 Å². The van der Waals surface area contributed by atoms with Crippen LogP contribution in [0.2, 0.25) is 0 Å². The first kappa shape index (κ1) is 10.8. The molecule has 1 N–H and O–H groups in total. The van der Waals surface area contributed by atoms with Crippen molar-refractivity contribution in [3.63, 3.8) is 0 Å². The Kier molecular flexibility index (Phi) is 2.33. The first-order chi connectivity index (χ1) is 8.66. The molecule has 0 aromatic heterocycles. The van der Waals surface area contributed by atoms with Gasteiger partial charge in [-0.05, 0) is 28.8 Å². The lowest BCUT2D eigenvalue weighted by Crippen LogP contribution is -2.23. The molecule has 1 atom stereocenters. The molecule has 3 nitrogen and oxygen atoms in total. The number of carboxylic acid groups (broad SMARTS) is 1. The van der Waals surface area contributed by atoms with Crippen molar-refractivity contribution in [2.75, 3.05) is 11.9 Å². The number of fused-ring (bicyclic) bond motifs is 3. The van der Waals surface area contributed by atoms with Crippen molar-refractivity contribution in [2.24, 2.45) is 0 Å². The van der Waals surface area contributed by atoms with Gasteiger partial charge >= 0.3 is 6.09 Å². The molecule has 0 radical (unpaired) electrons. The van der Waals surface area contributed by atoms with Gasteiger partial charge in [0.1, 0.15) is 0 Å². The highest BCUT2D eigenvalue weighted by molar-refractivity contribution is 5.86. The maximum absolute atomic E-state index is 11.0. The fraction of sp³-hybridized carbons (Fsp3) is 0.133. The normalized spacial score (nSPS) is 19.2. The molecule has 2 aliphatic carbocycles. The van der Waals surface area contributed by atoms with E-state index < -0.39 is 6.09 Å². The zero-order valence-electron chi connectivity index (χ0n) is 10.00. The van der Waals surface area contributed by atoms with Crippen LogP contribution in [-0.4, -0.2) is 18.2 Å². The highest BCUT2D eigenvalue weighted by Crippen LogP contribution is 2.41. The van der Waals surface area contributed by atoms with Crippen molar-refractivity contribution in [3.05, 3.63) is 59.2 Å². The van der Waals surface area contributed by atoms with Gasteiger partial charge in [0.05, 0.1) is 0 Å². The Balaban J connectivity index is 2.03. The van der Waals surface area contributed by atoms with E-state index in [1.54, 1.807) is 7.05 Å². The molecular formula is C15H13NO2. The van der Waals surface area contributed by atoms with E-state index in [0.717, 1.165) is 0 Å². The number of nitrogens with zero attached hydrogens (tertiary/aromatic N) is 1. The SMILES string of the molecule is CN(C(=O)O)c1ccc2c(c1)C1C=CC=CC1=C2. The molecule has 0 saturated carbocycles. The Labute approximate surface area is 105 Å². The van der Waals surface area contributed by atoms with Crippen molar-refractivity contribution in [1.82, 2.24) is 0 Å². The zero-order valence-corrected chi connectivity index (χ0v) is 10.00. The number of carbonyl (C=O) groups is 1. The molecule has 18 heavy (non-hydrogen) atoms. The molecular weight excluding hydrogens is 226 g/mol. The minimum atomic E-state index is -0.944. The summed E-state index contributed by atoms with van der Waals surface area (Å²) in [4.78, 5) is 12.2. The van der Waals surface area contributed by atoms with Crippen LogP contribution < -0.4 is 4.90 Å². The predicted octanol–water partition coefficient (Wildman–Crippen LogP) is 3.41. The second-order valence-electron chi connectivity index (χ2n) is 4.52. The second kappa shape index (κ2) is 3.88.